The fourth-order valence-electron chi connectivity index (χ4n) is 2.46. The summed E-state index contributed by atoms with van der Waals surface area (Å²) >= 11 is 8.96. The number of nitrogens with zero attached hydrogens (tertiary/aromatic N) is 2. The number of nitrogens with one attached hydrogen (secondary N) is 1. The molecule has 2 unspecified atom stereocenters. The highest BCUT2D eigenvalue weighted by atomic mass is 79.9. The van der Waals surface area contributed by atoms with Crippen molar-refractivity contribution in [2.45, 2.75) is 23.5 Å². The van der Waals surface area contributed by atoms with Crippen molar-refractivity contribution in [1.82, 2.24) is 14.3 Å². The SMILES string of the molecule is O=C(NS(=O)(=O)c1ccccc1)c1nc(Br)n(C2CC2C(F)(F)F)c1Cl. The minimum atomic E-state index is -4.39. The van der Waals surface area contributed by atoms with Crippen LogP contribution in [-0.4, -0.2) is 30.1 Å². The van der Waals surface area contributed by atoms with Crippen molar-refractivity contribution in [1.29, 1.82) is 0 Å². The molecule has 1 amide bonds. The van der Waals surface area contributed by atoms with Gasteiger partial charge in [-0.1, -0.05) is 29.8 Å². The zero-order chi connectivity index (χ0) is 19.3. The topological polar surface area (TPSA) is 81.1 Å². The molecule has 6 nitrogen and oxygen atoms in total. The molecule has 0 spiro atoms. The van der Waals surface area contributed by atoms with Gasteiger partial charge in [0.2, 0.25) is 0 Å². The predicted octanol–water partition coefficient (Wildman–Crippen LogP) is 3.54. The molecular weight excluding hydrogens is 463 g/mol. The molecule has 0 aliphatic heterocycles. The number of benzene rings is 1. The average molecular weight is 473 g/mol. The van der Waals surface area contributed by atoms with E-state index in [9.17, 15) is 26.4 Å². The molecule has 3 rings (SSSR count). The van der Waals surface area contributed by atoms with E-state index in [1.807, 2.05) is 0 Å². The fourth-order valence-corrected chi connectivity index (χ4v) is 4.49. The Bertz CT molecular complexity index is 963. The molecule has 2 atom stereocenters. The molecule has 1 heterocycles. The van der Waals surface area contributed by atoms with E-state index in [0.717, 1.165) is 4.57 Å². The van der Waals surface area contributed by atoms with E-state index >= 15 is 0 Å². The van der Waals surface area contributed by atoms with Gasteiger partial charge in [0.05, 0.1) is 10.8 Å². The first-order chi connectivity index (χ1) is 12.0. The van der Waals surface area contributed by atoms with Crippen molar-refractivity contribution >= 4 is 43.5 Å². The third kappa shape index (κ3) is 3.60. The Morgan fingerprint density at radius 1 is 1.31 bits per heavy atom. The van der Waals surface area contributed by atoms with Gasteiger partial charge in [-0.05, 0) is 34.5 Å². The predicted molar refractivity (Wildman–Crippen MR) is 89.2 cm³/mol. The van der Waals surface area contributed by atoms with Crippen LogP contribution in [0.5, 0.6) is 0 Å². The van der Waals surface area contributed by atoms with Gasteiger partial charge in [0.1, 0.15) is 5.15 Å². The summed E-state index contributed by atoms with van der Waals surface area (Å²) in [4.78, 5) is 15.9. The lowest BCUT2D eigenvalue weighted by atomic mass is 10.4. The third-order valence-corrected chi connectivity index (χ3v) is 6.08. The minimum absolute atomic E-state index is 0.0819. The summed E-state index contributed by atoms with van der Waals surface area (Å²) in [6.07, 6.45) is -4.58. The van der Waals surface area contributed by atoms with Crippen molar-refractivity contribution in [3.05, 3.63) is 45.9 Å². The summed E-state index contributed by atoms with van der Waals surface area (Å²) in [7, 11) is -4.17. The lowest BCUT2D eigenvalue weighted by molar-refractivity contribution is -0.150. The lowest BCUT2D eigenvalue weighted by Crippen LogP contribution is -2.31. The number of imidazole rings is 1. The molecule has 1 aromatic carbocycles. The van der Waals surface area contributed by atoms with Crippen molar-refractivity contribution in [3.8, 4) is 0 Å². The fraction of sp³-hybridized carbons (Fsp3) is 0.286. The van der Waals surface area contributed by atoms with Gasteiger partial charge >= 0.3 is 6.18 Å². The maximum atomic E-state index is 12.8. The van der Waals surface area contributed by atoms with Crippen molar-refractivity contribution in [2.75, 3.05) is 0 Å². The maximum Gasteiger partial charge on any atom is 0.393 e. The first-order valence-electron chi connectivity index (χ1n) is 7.14. The molecule has 140 valence electrons. The largest absolute Gasteiger partial charge is 0.393 e. The first-order valence-corrected chi connectivity index (χ1v) is 9.80. The maximum absolute atomic E-state index is 12.8. The highest BCUT2D eigenvalue weighted by molar-refractivity contribution is 9.10. The highest BCUT2D eigenvalue weighted by Gasteiger charge is 2.57. The van der Waals surface area contributed by atoms with Gasteiger partial charge in [-0.2, -0.15) is 13.2 Å². The first kappa shape index (κ1) is 19.2. The molecular formula is C14H10BrClF3N3O3S. The van der Waals surface area contributed by atoms with Crippen LogP contribution < -0.4 is 4.72 Å². The molecule has 1 aliphatic rings. The number of aromatic nitrogens is 2. The molecule has 1 N–H and O–H groups in total. The van der Waals surface area contributed by atoms with Gasteiger partial charge in [-0.25, -0.2) is 18.1 Å². The molecule has 0 saturated heterocycles. The van der Waals surface area contributed by atoms with Gasteiger partial charge in [0, 0.05) is 6.04 Å². The Morgan fingerprint density at radius 2 is 1.92 bits per heavy atom. The Balaban J connectivity index is 1.85. The zero-order valence-electron chi connectivity index (χ0n) is 12.7. The van der Waals surface area contributed by atoms with Crippen LogP contribution in [0.1, 0.15) is 23.0 Å². The quantitative estimate of drug-likeness (QED) is 0.738. The molecule has 1 aromatic heterocycles. The second-order valence-electron chi connectivity index (χ2n) is 5.59. The molecule has 1 saturated carbocycles. The number of carbonyl (C=O) groups excluding carboxylic acids is 1. The number of carbonyl (C=O) groups is 1. The van der Waals surface area contributed by atoms with Crippen LogP contribution in [0.15, 0.2) is 40.0 Å². The van der Waals surface area contributed by atoms with Gasteiger partial charge in [-0.15, -0.1) is 0 Å². The second kappa shape index (κ2) is 6.54. The van der Waals surface area contributed by atoms with Gasteiger partial charge in [0.25, 0.3) is 15.9 Å². The molecule has 1 aliphatic carbocycles. The van der Waals surface area contributed by atoms with E-state index in [-0.39, 0.29) is 21.2 Å². The Kier molecular flexibility index (Phi) is 4.82. The van der Waals surface area contributed by atoms with Crippen LogP contribution in [0.4, 0.5) is 13.2 Å². The Morgan fingerprint density at radius 3 is 2.46 bits per heavy atom. The monoisotopic (exact) mass is 471 g/mol. The smallest absolute Gasteiger partial charge is 0.305 e. The Hall–Kier alpha value is -1.59. The average Bonchev–Trinajstić information content (AvgIpc) is 3.28. The zero-order valence-corrected chi connectivity index (χ0v) is 15.8. The van der Waals surface area contributed by atoms with E-state index in [0.29, 0.717) is 0 Å². The van der Waals surface area contributed by atoms with E-state index in [4.69, 9.17) is 11.6 Å². The summed E-state index contributed by atoms with van der Waals surface area (Å²) < 4.78 is 65.4. The van der Waals surface area contributed by atoms with Crippen LogP contribution in [0.3, 0.4) is 0 Å². The molecule has 12 heteroatoms. The van der Waals surface area contributed by atoms with Crippen LogP contribution in [0.25, 0.3) is 0 Å². The summed E-state index contributed by atoms with van der Waals surface area (Å²) in [6, 6.07) is 6.12. The summed E-state index contributed by atoms with van der Waals surface area (Å²) in [5, 5.41) is -0.366. The third-order valence-electron chi connectivity index (χ3n) is 3.81. The standard InChI is InChI=1S/C14H10BrClF3N3O3S/c15-13-20-10(11(16)22(13)9-6-8(9)14(17,18)19)12(23)21-26(24,25)7-4-2-1-3-5-7/h1-5,8-9H,6H2,(H,21,23). The van der Waals surface area contributed by atoms with E-state index in [1.54, 1.807) is 10.8 Å². The molecule has 0 radical (unpaired) electrons. The van der Waals surface area contributed by atoms with Gasteiger partial charge < -0.3 is 4.57 Å². The van der Waals surface area contributed by atoms with Gasteiger partial charge in [-0.3, -0.25) is 4.79 Å². The van der Waals surface area contributed by atoms with Crippen molar-refractivity contribution in [2.24, 2.45) is 5.92 Å². The van der Waals surface area contributed by atoms with E-state index < -0.39 is 39.8 Å². The summed E-state index contributed by atoms with van der Waals surface area (Å²) in [5.41, 5.74) is -0.481. The number of rotatable bonds is 4. The minimum Gasteiger partial charge on any atom is -0.305 e. The molecule has 2 aromatic rings. The van der Waals surface area contributed by atoms with Crippen LogP contribution >= 0.6 is 27.5 Å². The summed E-state index contributed by atoms with van der Waals surface area (Å²) in [5.74, 6) is -2.73. The number of amides is 1. The number of halogens is 5. The molecule has 26 heavy (non-hydrogen) atoms. The number of alkyl halides is 3. The summed E-state index contributed by atoms with van der Waals surface area (Å²) in [6.45, 7) is 0. The normalized spacial score (nSPS) is 20.0. The number of sulfonamides is 1. The Labute approximate surface area is 159 Å². The second-order valence-corrected chi connectivity index (χ2v) is 8.34. The van der Waals surface area contributed by atoms with Crippen molar-refractivity contribution in [3.63, 3.8) is 0 Å². The van der Waals surface area contributed by atoms with Crippen LogP contribution in [0.2, 0.25) is 5.15 Å². The van der Waals surface area contributed by atoms with Crippen molar-refractivity contribution < 1.29 is 26.4 Å². The van der Waals surface area contributed by atoms with E-state index in [1.165, 1.54) is 24.3 Å². The molecule has 1 fully saturated rings. The van der Waals surface area contributed by atoms with Gasteiger partial charge in [0.15, 0.2) is 10.4 Å². The number of hydrogen-bond donors (Lipinski definition) is 1. The number of hydrogen-bond acceptors (Lipinski definition) is 4. The lowest BCUT2D eigenvalue weighted by Gasteiger charge is -2.08. The molecule has 0 bridgehead atoms. The van der Waals surface area contributed by atoms with Crippen LogP contribution in [-0.2, 0) is 10.0 Å². The highest BCUT2D eigenvalue weighted by Crippen LogP contribution is 2.55. The van der Waals surface area contributed by atoms with Crippen LogP contribution in [0, 0.1) is 5.92 Å². The van der Waals surface area contributed by atoms with E-state index in [2.05, 4.69) is 20.9 Å².